The molecule has 0 aromatic carbocycles. The van der Waals surface area contributed by atoms with Crippen LogP contribution in [-0.4, -0.2) is 42.8 Å². The molecule has 0 bridgehead atoms. The highest BCUT2D eigenvalue weighted by Gasteiger charge is 2.29. The van der Waals surface area contributed by atoms with Crippen LogP contribution in [0.4, 0.5) is 5.69 Å². The Kier molecular flexibility index (Phi) is 4.43. The number of carboxylic acids is 1. The molecule has 2 N–H and O–H groups in total. The van der Waals surface area contributed by atoms with Crippen LogP contribution >= 0.6 is 0 Å². The number of hydrogen-bond acceptors (Lipinski definition) is 6. The second-order valence-electron chi connectivity index (χ2n) is 3.58. The lowest BCUT2D eigenvalue weighted by Gasteiger charge is -2.12. The summed E-state index contributed by atoms with van der Waals surface area (Å²) in [4.78, 5) is 25.5. The number of pyridine rings is 1. The zero-order chi connectivity index (χ0) is 14.6. The maximum atomic E-state index is 11.8. The molecule has 0 radical (unpaired) electrons. The summed E-state index contributed by atoms with van der Waals surface area (Å²) in [6, 6.07) is 1.09. The van der Waals surface area contributed by atoms with Crippen molar-refractivity contribution in [2.24, 2.45) is 0 Å². The molecule has 19 heavy (non-hydrogen) atoms. The van der Waals surface area contributed by atoms with Crippen molar-refractivity contribution in [1.82, 2.24) is 4.98 Å². The molecule has 0 saturated heterocycles. The average molecular weight is 288 g/mol. The number of nitrogens with zero attached hydrogens (tertiary/aromatic N) is 1. The quantitative estimate of drug-likeness (QED) is 0.735. The fourth-order valence-electron chi connectivity index (χ4n) is 1.16. The van der Waals surface area contributed by atoms with Gasteiger partial charge in [-0.15, -0.1) is 0 Å². The van der Waals surface area contributed by atoms with Gasteiger partial charge in [0, 0.05) is 6.20 Å². The highest BCUT2D eigenvalue weighted by molar-refractivity contribution is 7.94. The van der Waals surface area contributed by atoms with Gasteiger partial charge in [0.15, 0.2) is 5.25 Å². The summed E-state index contributed by atoms with van der Waals surface area (Å²) in [6.07, 6.45) is 2.21. The molecule has 1 heterocycles. The summed E-state index contributed by atoms with van der Waals surface area (Å²) in [6.45, 7) is 1.16. The molecule has 104 valence electrons. The van der Waals surface area contributed by atoms with E-state index in [1.54, 1.807) is 0 Å². The van der Waals surface area contributed by atoms with Crippen molar-refractivity contribution in [3.63, 3.8) is 0 Å². The number of ether oxygens (including phenoxy) is 1. The molecule has 1 atom stereocenters. The molecule has 8 nitrogen and oxygen atoms in total. The number of aromatic carboxylic acids is 1. The summed E-state index contributed by atoms with van der Waals surface area (Å²) in [5.41, 5.74) is -0.221. The first-order chi connectivity index (χ1) is 8.77. The van der Waals surface area contributed by atoms with Gasteiger partial charge in [0.25, 0.3) is 0 Å². The smallest absolute Gasteiger partial charge is 0.337 e. The van der Waals surface area contributed by atoms with E-state index in [1.165, 1.54) is 0 Å². The molecule has 0 saturated carbocycles. The van der Waals surface area contributed by atoms with Crippen LogP contribution in [-0.2, 0) is 19.6 Å². The highest BCUT2D eigenvalue weighted by Crippen LogP contribution is 2.13. The van der Waals surface area contributed by atoms with Gasteiger partial charge < -0.3 is 9.84 Å². The molecule has 0 aliphatic rings. The standard InChI is InChI=1S/C10H12N2O6S/c1-6(10(15)18-2)19(16,17)12-8-3-7(9(13)14)4-11-5-8/h3-6,12H,1-2H3,(H,13,14). The number of carbonyl (C=O) groups is 2. The van der Waals surface area contributed by atoms with Crippen LogP contribution in [0.3, 0.4) is 0 Å². The molecular formula is C10H12N2O6S. The van der Waals surface area contributed by atoms with Gasteiger partial charge in [-0.05, 0) is 13.0 Å². The second-order valence-corrected chi connectivity index (χ2v) is 5.58. The first kappa shape index (κ1) is 14.9. The first-order valence-electron chi connectivity index (χ1n) is 5.05. The third kappa shape index (κ3) is 3.65. The van der Waals surface area contributed by atoms with Crippen LogP contribution in [0.2, 0.25) is 0 Å². The predicted octanol–water partition coefficient (Wildman–Crippen LogP) is 0.0830. The SMILES string of the molecule is COC(=O)C(C)S(=O)(=O)Nc1cncc(C(=O)O)c1. The van der Waals surface area contributed by atoms with Gasteiger partial charge >= 0.3 is 11.9 Å². The number of nitrogens with one attached hydrogen (secondary N) is 1. The van der Waals surface area contributed by atoms with Crippen molar-refractivity contribution in [3.05, 3.63) is 24.0 Å². The van der Waals surface area contributed by atoms with E-state index in [0.29, 0.717) is 0 Å². The Hall–Kier alpha value is -2.16. The Labute approximate surface area is 109 Å². The topological polar surface area (TPSA) is 123 Å². The third-order valence-corrected chi connectivity index (χ3v) is 3.89. The van der Waals surface area contributed by atoms with Gasteiger partial charge in [0.2, 0.25) is 10.0 Å². The van der Waals surface area contributed by atoms with Crippen molar-refractivity contribution < 1.29 is 27.9 Å². The van der Waals surface area contributed by atoms with Crippen molar-refractivity contribution in [2.75, 3.05) is 11.8 Å². The fourth-order valence-corrected chi connectivity index (χ4v) is 2.12. The molecule has 0 aliphatic heterocycles. The van der Waals surface area contributed by atoms with Crippen molar-refractivity contribution >= 4 is 27.6 Å². The van der Waals surface area contributed by atoms with Crippen LogP contribution in [0.25, 0.3) is 0 Å². The van der Waals surface area contributed by atoms with E-state index in [1.807, 2.05) is 0 Å². The number of aromatic nitrogens is 1. The highest BCUT2D eigenvalue weighted by atomic mass is 32.2. The molecular weight excluding hydrogens is 276 g/mol. The number of hydrogen-bond donors (Lipinski definition) is 2. The minimum atomic E-state index is -4.02. The molecule has 1 aromatic rings. The Morgan fingerprint density at radius 2 is 2.05 bits per heavy atom. The van der Waals surface area contributed by atoms with Gasteiger partial charge in [-0.2, -0.15) is 0 Å². The maximum absolute atomic E-state index is 11.8. The number of esters is 1. The number of methoxy groups -OCH3 is 1. The Balaban J connectivity index is 2.99. The lowest BCUT2D eigenvalue weighted by molar-refractivity contribution is -0.139. The van der Waals surface area contributed by atoms with E-state index in [9.17, 15) is 18.0 Å². The second kappa shape index (κ2) is 5.65. The molecule has 1 aromatic heterocycles. The first-order valence-corrected chi connectivity index (χ1v) is 6.60. The van der Waals surface area contributed by atoms with Crippen LogP contribution in [0.15, 0.2) is 18.5 Å². The van der Waals surface area contributed by atoms with Crippen molar-refractivity contribution in [3.8, 4) is 0 Å². The number of rotatable bonds is 5. The minimum absolute atomic E-state index is 0.0457. The summed E-state index contributed by atoms with van der Waals surface area (Å²) >= 11 is 0. The minimum Gasteiger partial charge on any atom is -0.478 e. The van der Waals surface area contributed by atoms with E-state index >= 15 is 0 Å². The van der Waals surface area contributed by atoms with Crippen molar-refractivity contribution in [2.45, 2.75) is 12.2 Å². The van der Waals surface area contributed by atoms with Crippen LogP contribution < -0.4 is 4.72 Å². The molecule has 1 unspecified atom stereocenters. The van der Waals surface area contributed by atoms with Crippen LogP contribution in [0.1, 0.15) is 17.3 Å². The molecule has 0 amide bonds. The molecule has 1 rings (SSSR count). The average Bonchev–Trinajstić information content (AvgIpc) is 2.36. The molecule has 0 spiro atoms. The monoisotopic (exact) mass is 288 g/mol. The van der Waals surface area contributed by atoms with Crippen LogP contribution in [0, 0.1) is 0 Å². The number of anilines is 1. The number of sulfonamides is 1. The van der Waals surface area contributed by atoms with E-state index < -0.39 is 27.2 Å². The largest absolute Gasteiger partial charge is 0.478 e. The zero-order valence-electron chi connectivity index (χ0n) is 10.2. The summed E-state index contributed by atoms with van der Waals surface area (Å²) in [5.74, 6) is -2.16. The Morgan fingerprint density at radius 3 is 2.58 bits per heavy atom. The maximum Gasteiger partial charge on any atom is 0.337 e. The lowest BCUT2D eigenvalue weighted by atomic mass is 10.3. The zero-order valence-corrected chi connectivity index (χ0v) is 11.0. The van der Waals surface area contributed by atoms with Gasteiger partial charge in [0.05, 0.1) is 24.6 Å². The molecule has 9 heteroatoms. The summed E-state index contributed by atoms with van der Waals surface area (Å²) in [7, 11) is -2.95. The van der Waals surface area contributed by atoms with Gasteiger partial charge in [-0.3, -0.25) is 14.5 Å². The normalized spacial score (nSPS) is 12.5. The van der Waals surface area contributed by atoms with E-state index in [2.05, 4.69) is 14.4 Å². The molecule has 0 fully saturated rings. The summed E-state index contributed by atoms with van der Waals surface area (Å²) in [5, 5.41) is 7.33. The number of carbonyl (C=O) groups excluding carboxylic acids is 1. The summed E-state index contributed by atoms with van der Waals surface area (Å²) < 4.78 is 30.0. The van der Waals surface area contributed by atoms with E-state index in [-0.39, 0.29) is 11.3 Å². The van der Waals surface area contributed by atoms with E-state index in [0.717, 1.165) is 32.5 Å². The van der Waals surface area contributed by atoms with E-state index in [4.69, 9.17) is 5.11 Å². The Bertz CT molecular complexity index is 598. The van der Waals surface area contributed by atoms with Gasteiger partial charge in [0.1, 0.15) is 0 Å². The lowest BCUT2D eigenvalue weighted by Crippen LogP contribution is -2.33. The van der Waals surface area contributed by atoms with Gasteiger partial charge in [-0.25, -0.2) is 13.2 Å². The van der Waals surface area contributed by atoms with Gasteiger partial charge in [-0.1, -0.05) is 0 Å². The molecule has 0 aliphatic carbocycles. The van der Waals surface area contributed by atoms with Crippen LogP contribution in [0.5, 0.6) is 0 Å². The number of carboxylic acid groups (broad SMARTS) is 1. The fraction of sp³-hybridized carbons (Fsp3) is 0.300. The Morgan fingerprint density at radius 1 is 1.42 bits per heavy atom. The van der Waals surface area contributed by atoms with Crippen molar-refractivity contribution in [1.29, 1.82) is 0 Å². The predicted molar refractivity (Wildman–Crippen MR) is 65.2 cm³/mol. The third-order valence-electron chi connectivity index (χ3n) is 2.24.